The minimum atomic E-state index is -1.20. The molecule has 1 atom stereocenters. The summed E-state index contributed by atoms with van der Waals surface area (Å²) >= 11 is 1.64. The lowest BCUT2D eigenvalue weighted by atomic mass is 9.89. The number of ether oxygens (including phenoxy) is 1. The van der Waals surface area contributed by atoms with Crippen LogP contribution in [-0.2, 0) is 12.8 Å². The third kappa shape index (κ3) is 3.03. The fourth-order valence-electron chi connectivity index (χ4n) is 3.95. The molecule has 0 aliphatic carbocycles. The zero-order valence-corrected chi connectivity index (χ0v) is 16.6. The molecule has 0 radical (unpaired) electrons. The van der Waals surface area contributed by atoms with Crippen molar-refractivity contribution in [2.45, 2.75) is 32.2 Å². The summed E-state index contributed by atoms with van der Waals surface area (Å²) in [6.07, 6.45) is 4.16. The number of aryl methyl sites for hydroxylation is 1. The van der Waals surface area contributed by atoms with Crippen LogP contribution in [0.15, 0.2) is 46.7 Å². The highest BCUT2D eigenvalue weighted by molar-refractivity contribution is 7.10. The molecule has 0 spiro atoms. The molecule has 1 aromatic carbocycles. The molecule has 0 amide bonds. The predicted octanol–water partition coefficient (Wildman–Crippen LogP) is 4.38. The number of benzene rings is 1. The van der Waals surface area contributed by atoms with Crippen molar-refractivity contribution in [3.63, 3.8) is 0 Å². The fourth-order valence-corrected chi connectivity index (χ4v) is 4.77. The summed E-state index contributed by atoms with van der Waals surface area (Å²) in [5.74, 6) is -0.400. The Morgan fingerprint density at radius 1 is 1.36 bits per heavy atom. The van der Waals surface area contributed by atoms with Crippen LogP contribution in [0.25, 0.3) is 11.3 Å². The summed E-state index contributed by atoms with van der Waals surface area (Å²) in [6, 6.07) is 9.62. The van der Waals surface area contributed by atoms with E-state index in [1.165, 1.54) is 12.3 Å². The molecule has 3 aromatic rings. The highest BCUT2D eigenvalue weighted by atomic mass is 32.1. The van der Waals surface area contributed by atoms with Gasteiger partial charge < -0.3 is 14.4 Å². The van der Waals surface area contributed by atoms with Crippen LogP contribution in [0.5, 0.6) is 5.75 Å². The van der Waals surface area contributed by atoms with Crippen LogP contribution in [-0.4, -0.2) is 22.8 Å². The van der Waals surface area contributed by atoms with Crippen LogP contribution in [0.3, 0.4) is 0 Å². The number of rotatable bonds is 5. The monoisotopic (exact) mass is 395 g/mol. The van der Waals surface area contributed by atoms with E-state index in [4.69, 9.17) is 4.74 Å². The van der Waals surface area contributed by atoms with Gasteiger partial charge in [-0.1, -0.05) is 25.5 Å². The van der Waals surface area contributed by atoms with E-state index in [0.717, 1.165) is 52.3 Å². The summed E-state index contributed by atoms with van der Waals surface area (Å²) < 4.78 is 7.52. The first-order valence-electron chi connectivity index (χ1n) is 9.26. The van der Waals surface area contributed by atoms with Gasteiger partial charge in [0.2, 0.25) is 0 Å². The van der Waals surface area contributed by atoms with E-state index in [1.807, 2.05) is 22.1 Å². The number of thiophene rings is 1. The molecule has 1 unspecified atom stereocenters. The van der Waals surface area contributed by atoms with Gasteiger partial charge in [-0.3, -0.25) is 4.79 Å². The lowest BCUT2D eigenvalue weighted by molar-refractivity contribution is 0.0694. The first-order valence-corrected chi connectivity index (χ1v) is 10.1. The second kappa shape index (κ2) is 7.28. The Labute approximate surface area is 166 Å². The smallest absolute Gasteiger partial charge is 0.341 e. The Balaban J connectivity index is 1.98. The van der Waals surface area contributed by atoms with Gasteiger partial charge in [0, 0.05) is 22.7 Å². The van der Waals surface area contributed by atoms with E-state index < -0.39 is 11.4 Å². The van der Waals surface area contributed by atoms with Crippen molar-refractivity contribution < 1.29 is 14.6 Å². The van der Waals surface area contributed by atoms with Crippen molar-refractivity contribution in [1.82, 2.24) is 4.57 Å². The van der Waals surface area contributed by atoms with Gasteiger partial charge in [0.15, 0.2) is 5.43 Å². The number of aromatic carboxylic acids is 1. The number of nitrogens with zero attached hydrogens (tertiary/aromatic N) is 1. The average Bonchev–Trinajstić information content (AvgIpc) is 3.21. The first kappa shape index (κ1) is 18.5. The largest absolute Gasteiger partial charge is 0.496 e. The Hall–Kier alpha value is -2.86. The van der Waals surface area contributed by atoms with Gasteiger partial charge in [-0.05, 0) is 41.5 Å². The minimum absolute atomic E-state index is 0.0379. The SMILES string of the molecule is CCCc1cc2c(cc1OC)-c1cc(=O)c(C(=O)O)cn1C(c1cccs1)C2. The molecule has 28 heavy (non-hydrogen) atoms. The molecule has 0 fully saturated rings. The molecule has 0 saturated heterocycles. The van der Waals surface area contributed by atoms with Crippen LogP contribution in [0.4, 0.5) is 0 Å². The van der Waals surface area contributed by atoms with E-state index in [0.29, 0.717) is 0 Å². The number of carbonyl (C=O) groups is 1. The molecule has 4 rings (SSSR count). The van der Waals surface area contributed by atoms with E-state index in [1.54, 1.807) is 18.4 Å². The lowest BCUT2D eigenvalue weighted by Gasteiger charge is -2.31. The molecule has 5 nitrogen and oxygen atoms in total. The predicted molar refractivity (Wildman–Crippen MR) is 110 cm³/mol. The van der Waals surface area contributed by atoms with Crippen LogP contribution >= 0.6 is 11.3 Å². The molecular formula is C22H21NO4S. The maximum atomic E-state index is 12.4. The molecule has 3 heterocycles. The van der Waals surface area contributed by atoms with E-state index in [2.05, 4.69) is 19.1 Å². The van der Waals surface area contributed by atoms with Gasteiger partial charge in [0.25, 0.3) is 0 Å². The van der Waals surface area contributed by atoms with Crippen LogP contribution in [0.1, 0.15) is 45.7 Å². The van der Waals surface area contributed by atoms with Crippen molar-refractivity contribution in [2.24, 2.45) is 0 Å². The Morgan fingerprint density at radius 2 is 2.18 bits per heavy atom. The van der Waals surface area contributed by atoms with Crippen LogP contribution in [0, 0.1) is 0 Å². The second-order valence-corrected chi connectivity index (χ2v) is 7.93. The zero-order chi connectivity index (χ0) is 19.8. The van der Waals surface area contributed by atoms with Gasteiger partial charge in [-0.2, -0.15) is 0 Å². The molecular weight excluding hydrogens is 374 g/mol. The second-order valence-electron chi connectivity index (χ2n) is 6.96. The number of carboxylic acid groups (broad SMARTS) is 1. The van der Waals surface area contributed by atoms with Crippen molar-refractivity contribution in [2.75, 3.05) is 7.11 Å². The minimum Gasteiger partial charge on any atom is -0.496 e. The maximum Gasteiger partial charge on any atom is 0.341 e. The quantitative estimate of drug-likeness (QED) is 0.696. The highest BCUT2D eigenvalue weighted by Crippen LogP contribution is 2.41. The summed E-state index contributed by atoms with van der Waals surface area (Å²) in [7, 11) is 1.65. The lowest BCUT2D eigenvalue weighted by Crippen LogP contribution is -2.26. The van der Waals surface area contributed by atoms with Crippen molar-refractivity contribution in [3.8, 4) is 17.0 Å². The van der Waals surface area contributed by atoms with Crippen LogP contribution < -0.4 is 10.2 Å². The third-order valence-electron chi connectivity index (χ3n) is 5.23. The van der Waals surface area contributed by atoms with Gasteiger partial charge in [-0.25, -0.2) is 4.79 Å². The van der Waals surface area contributed by atoms with Gasteiger partial charge in [-0.15, -0.1) is 11.3 Å². The summed E-state index contributed by atoms with van der Waals surface area (Å²) in [6.45, 7) is 2.13. The third-order valence-corrected chi connectivity index (χ3v) is 6.21. The molecule has 2 aromatic heterocycles. The Kier molecular flexibility index (Phi) is 4.81. The van der Waals surface area contributed by atoms with Crippen molar-refractivity contribution in [1.29, 1.82) is 0 Å². The van der Waals surface area contributed by atoms with E-state index in [-0.39, 0.29) is 11.6 Å². The topological polar surface area (TPSA) is 68.5 Å². The number of pyridine rings is 1. The maximum absolute atomic E-state index is 12.4. The normalized spacial score (nSPS) is 15.0. The van der Waals surface area contributed by atoms with Gasteiger partial charge >= 0.3 is 5.97 Å². The van der Waals surface area contributed by atoms with Gasteiger partial charge in [0.1, 0.15) is 11.3 Å². The van der Waals surface area contributed by atoms with Crippen LogP contribution in [0.2, 0.25) is 0 Å². The number of fused-ring (bicyclic) bond motifs is 3. The molecule has 0 bridgehead atoms. The fraction of sp³-hybridized carbons (Fsp3) is 0.273. The summed E-state index contributed by atoms with van der Waals surface area (Å²) in [4.78, 5) is 25.1. The number of aromatic nitrogens is 1. The van der Waals surface area contributed by atoms with Gasteiger partial charge in [0.05, 0.1) is 18.8 Å². The number of carboxylic acids is 1. The Morgan fingerprint density at radius 3 is 2.82 bits per heavy atom. The average molecular weight is 395 g/mol. The van der Waals surface area contributed by atoms with Crippen molar-refractivity contribution in [3.05, 3.63) is 73.7 Å². The van der Waals surface area contributed by atoms with E-state index in [9.17, 15) is 14.7 Å². The number of hydrogen-bond donors (Lipinski definition) is 1. The van der Waals surface area contributed by atoms with E-state index >= 15 is 0 Å². The molecule has 1 N–H and O–H groups in total. The zero-order valence-electron chi connectivity index (χ0n) is 15.8. The van der Waals surface area contributed by atoms with Crippen molar-refractivity contribution >= 4 is 17.3 Å². The molecule has 0 saturated carbocycles. The number of hydrogen-bond acceptors (Lipinski definition) is 4. The standard InChI is InChI=1S/C22H21NO4S/c1-3-5-13-8-14-9-18(21-6-4-7-28-21)23-12-16(22(25)26)19(24)11-17(23)15(14)10-20(13)27-2/h4,6-8,10-12,18H,3,5,9H2,1-2H3,(H,25,26). The molecule has 1 aliphatic heterocycles. The molecule has 6 heteroatoms. The summed E-state index contributed by atoms with van der Waals surface area (Å²) in [5.41, 5.74) is 3.29. The molecule has 1 aliphatic rings. The Bertz CT molecular complexity index is 1100. The highest BCUT2D eigenvalue weighted by Gasteiger charge is 2.28. The number of methoxy groups -OCH3 is 1. The summed E-state index contributed by atoms with van der Waals surface area (Å²) in [5, 5.41) is 11.4. The first-order chi connectivity index (χ1) is 13.5. The molecule has 144 valence electrons.